The van der Waals surface area contributed by atoms with Crippen molar-refractivity contribution in [3.63, 3.8) is 0 Å². The van der Waals surface area contributed by atoms with Gasteiger partial charge in [-0.15, -0.1) is 24.0 Å². The summed E-state index contributed by atoms with van der Waals surface area (Å²) in [7, 11) is 1.80. The third-order valence-electron chi connectivity index (χ3n) is 4.22. The molecule has 4 N–H and O–H groups in total. The highest BCUT2D eigenvalue weighted by atomic mass is 127. The molecule has 0 bridgehead atoms. The number of guanidine groups is 1. The van der Waals surface area contributed by atoms with Gasteiger partial charge in [-0.3, -0.25) is 9.48 Å². The number of anilines is 1. The largest absolute Gasteiger partial charge is 0.383 e. The molecular weight excluding hydrogens is 519 g/mol. The third kappa shape index (κ3) is 8.88. The normalized spacial score (nSPS) is 13.2. The molecule has 1 atom stereocenters. The maximum absolute atomic E-state index is 12.0. The van der Waals surface area contributed by atoms with Crippen LogP contribution in [0.1, 0.15) is 32.3 Å². The van der Waals surface area contributed by atoms with E-state index >= 15 is 0 Å². The van der Waals surface area contributed by atoms with Crippen molar-refractivity contribution in [3.05, 3.63) is 47.2 Å². The van der Waals surface area contributed by atoms with Crippen molar-refractivity contribution in [1.29, 1.82) is 0 Å². The number of nitrogens with one attached hydrogen (secondary N) is 3. The topological polar surface area (TPSA) is 104 Å². The summed E-state index contributed by atoms with van der Waals surface area (Å²) in [5.41, 5.74) is 0.313. The second-order valence-electron chi connectivity index (χ2n) is 6.96. The van der Waals surface area contributed by atoms with Gasteiger partial charge in [0.15, 0.2) is 5.96 Å². The number of aryl methyl sites for hydroxylation is 1. The quantitative estimate of drug-likeness (QED) is 0.167. The maximum Gasteiger partial charge on any atom is 0.224 e. The number of hydrogen-bond acceptors (Lipinski definition) is 4. The van der Waals surface area contributed by atoms with Crippen LogP contribution in [-0.2, 0) is 17.4 Å². The van der Waals surface area contributed by atoms with E-state index in [9.17, 15) is 9.90 Å². The van der Waals surface area contributed by atoms with Gasteiger partial charge in [-0.2, -0.15) is 5.10 Å². The molecule has 10 heteroatoms. The number of amides is 1. The number of aliphatic imine (C=N–C) groups is 1. The minimum atomic E-state index is -1.12. The number of rotatable bonds is 9. The van der Waals surface area contributed by atoms with Gasteiger partial charge in [0.05, 0.1) is 12.7 Å². The first-order chi connectivity index (χ1) is 13.8. The summed E-state index contributed by atoms with van der Waals surface area (Å²) < 4.78 is 1.64. The summed E-state index contributed by atoms with van der Waals surface area (Å²) in [6.45, 7) is 5.13. The van der Waals surface area contributed by atoms with E-state index in [1.807, 2.05) is 6.92 Å². The molecule has 0 saturated carbocycles. The van der Waals surface area contributed by atoms with Crippen molar-refractivity contribution in [2.24, 2.45) is 12.0 Å². The molecule has 1 heterocycles. The fourth-order valence-electron chi connectivity index (χ4n) is 2.58. The Bertz CT molecular complexity index is 823. The van der Waals surface area contributed by atoms with Crippen molar-refractivity contribution in [3.8, 4) is 0 Å². The van der Waals surface area contributed by atoms with Gasteiger partial charge >= 0.3 is 0 Å². The smallest absolute Gasteiger partial charge is 0.224 e. The molecule has 0 aliphatic carbocycles. The van der Waals surface area contributed by atoms with Crippen molar-refractivity contribution in [2.75, 3.05) is 25.0 Å². The minimum absolute atomic E-state index is 0. The van der Waals surface area contributed by atoms with Crippen LogP contribution in [0.5, 0.6) is 0 Å². The molecule has 1 aromatic carbocycles. The fraction of sp³-hybridized carbons (Fsp3) is 0.450. The van der Waals surface area contributed by atoms with Crippen LogP contribution in [0.3, 0.4) is 0 Å². The number of carbonyl (C=O) groups is 1. The summed E-state index contributed by atoms with van der Waals surface area (Å²) in [4.78, 5) is 16.5. The number of hydrogen-bond donors (Lipinski definition) is 4. The first kappa shape index (κ1) is 26.2. The molecule has 2 rings (SSSR count). The molecule has 1 unspecified atom stereocenters. The molecule has 1 aromatic heterocycles. The van der Waals surface area contributed by atoms with Crippen LogP contribution in [-0.4, -0.2) is 46.4 Å². The predicted molar refractivity (Wildman–Crippen MR) is 131 cm³/mol. The molecular formula is C20H30ClIN6O2. The van der Waals surface area contributed by atoms with Crippen LogP contribution in [0.2, 0.25) is 5.02 Å². The highest BCUT2D eigenvalue weighted by Gasteiger charge is 2.24. The van der Waals surface area contributed by atoms with Crippen molar-refractivity contribution in [2.45, 2.75) is 32.3 Å². The molecule has 1 amide bonds. The number of nitrogens with zero attached hydrogens (tertiary/aromatic N) is 3. The molecule has 0 aliphatic rings. The Kier molecular flexibility index (Phi) is 11.1. The molecule has 30 heavy (non-hydrogen) atoms. The number of aromatic nitrogens is 2. The number of aliphatic hydroxyl groups is 1. The molecule has 166 valence electrons. The third-order valence-corrected chi connectivity index (χ3v) is 4.47. The summed E-state index contributed by atoms with van der Waals surface area (Å²) in [6.07, 6.45) is 4.43. The van der Waals surface area contributed by atoms with E-state index in [1.54, 1.807) is 55.3 Å². The first-order valence-electron chi connectivity index (χ1n) is 9.59. The Hall–Kier alpha value is -1.85. The van der Waals surface area contributed by atoms with Crippen molar-refractivity contribution in [1.82, 2.24) is 20.4 Å². The molecule has 8 nitrogen and oxygen atoms in total. The lowest BCUT2D eigenvalue weighted by Gasteiger charge is -2.20. The van der Waals surface area contributed by atoms with Gasteiger partial charge in [-0.25, -0.2) is 4.99 Å². The van der Waals surface area contributed by atoms with Crippen molar-refractivity contribution >= 4 is 53.1 Å². The SMILES string of the molecule is CCNC(=NCC(C)(O)c1cnn(C)c1)NCCCC(=O)Nc1ccc(Cl)cc1.I. The van der Waals surface area contributed by atoms with Gasteiger partial charge in [0.25, 0.3) is 0 Å². The van der Waals surface area contributed by atoms with E-state index in [0.29, 0.717) is 42.5 Å². The van der Waals surface area contributed by atoms with E-state index in [-0.39, 0.29) is 36.4 Å². The fourth-order valence-corrected chi connectivity index (χ4v) is 2.70. The minimum Gasteiger partial charge on any atom is -0.383 e. The van der Waals surface area contributed by atoms with E-state index in [2.05, 4.69) is 26.0 Å². The van der Waals surface area contributed by atoms with Crippen LogP contribution in [0.25, 0.3) is 0 Å². The Morgan fingerprint density at radius 2 is 2.00 bits per heavy atom. The van der Waals surface area contributed by atoms with Gasteiger partial charge in [0, 0.05) is 49.0 Å². The van der Waals surface area contributed by atoms with E-state index < -0.39 is 5.60 Å². The van der Waals surface area contributed by atoms with Crippen LogP contribution in [0.15, 0.2) is 41.7 Å². The molecule has 0 saturated heterocycles. The zero-order valence-corrected chi connectivity index (χ0v) is 20.6. The molecule has 0 radical (unpaired) electrons. The van der Waals surface area contributed by atoms with Gasteiger partial charge in [-0.05, 0) is 44.5 Å². The zero-order chi connectivity index (χ0) is 21.3. The van der Waals surface area contributed by atoms with E-state index in [1.165, 1.54) is 0 Å². The Labute approximate surface area is 199 Å². The van der Waals surface area contributed by atoms with Gasteiger partial charge in [-0.1, -0.05) is 11.6 Å². The summed E-state index contributed by atoms with van der Waals surface area (Å²) >= 11 is 5.84. The zero-order valence-electron chi connectivity index (χ0n) is 17.5. The first-order valence-corrected chi connectivity index (χ1v) is 9.97. The molecule has 0 aliphatic heterocycles. The Balaban J connectivity index is 0.00000450. The van der Waals surface area contributed by atoms with Crippen LogP contribution in [0, 0.1) is 0 Å². The van der Waals surface area contributed by atoms with Gasteiger partial charge in [0.1, 0.15) is 5.60 Å². The predicted octanol–water partition coefficient (Wildman–Crippen LogP) is 2.87. The standard InChI is InChI=1S/C20H29ClN6O2.HI/c1-4-22-19(24-14-20(2,29)15-12-25-27(3)13-15)23-11-5-6-18(28)26-17-9-7-16(21)8-10-17;/h7-10,12-13,29H,4-6,11,14H2,1-3H3,(H,26,28)(H2,22,23,24);1H. The van der Waals surface area contributed by atoms with Crippen LogP contribution < -0.4 is 16.0 Å². The lowest BCUT2D eigenvalue weighted by Crippen LogP contribution is -2.39. The lowest BCUT2D eigenvalue weighted by molar-refractivity contribution is -0.116. The molecule has 0 spiro atoms. The summed E-state index contributed by atoms with van der Waals surface area (Å²) in [6, 6.07) is 7.00. The molecule has 2 aromatic rings. The van der Waals surface area contributed by atoms with E-state index in [4.69, 9.17) is 11.6 Å². The van der Waals surface area contributed by atoms with Gasteiger partial charge < -0.3 is 21.1 Å². The van der Waals surface area contributed by atoms with Gasteiger partial charge in [0.2, 0.25) is 5.91 Å². The van der Waals surface area contributed by atoms with Crippen LogP contribution >= 0.6 is 35.6 Å². The maximum atomic E-state index is 12.0. The average molecular weight is 549 g/mol. The Morgan fingerprint density at radius 3 is 2.60 bits per heavy atom. The lowest BCUT2D eigenvalue weighted by atomic mass is 10.0. The number of benzene rings is 1. The Morgan fingerprint density at radius 1 is 1.30 bits per heavy atom. The average Bonchev–Trinajstić information content (AvgIpc) is 3.12. The van der Waals surface area contributed by atoms with E-state index in [0.717, 1.165) is 5.69 Å². The second-order valence-corrected chi connectivity index (χ2v) is 7.39. The van der Waals surface area contributed by atoms with Crippen molar-refractivity contribution < 1.29 is 9.90 Å². The van der Waals surface area contributed by atoms with Crippen LogP contribution in [0.4, 0.5) is 5.69 Å². The number of carbonyl (C=O) groups excluding carboxylic acids is 1. The second kappa shape index (κ2) is 12.8. The summed E-state index contributed by atoms with van der Waals surface area (Å²) in [5.74, 6) is 0.533. The highest BCUT2D eigenvalue weighted by molar-refractivity contribution is 14.0. The highest BCUT2D eigenvalue weighted by Crippen LogP contribution is 2.19. The monoisotopic (exact) mass is 548 g/mol. The number of halogens is 2. The molecule has 0 fully saturated rings. The summed E-state index contributed by atoms with van der Waals surface area (Å²) in [5, 5.41) is 24.5.